The smallest absolute Gasteiger partial charge is 0.170 e. The summed E-state index contributed by atoms with van der Waals surface area (Å²) in [6, 6.07) is 8.77. The Bertz CT molecular complexity index is 619. The molecule has 0 amide bonds. The van der Waals surface area contributed by atoms with Gasteiger partial charge in [-0.25, -0.2) is 8.78 Å². The molecule has 20 heavy (non-hydrogen) atoms. The second-order valence-electron chi connectivity index (χ2n) is 4.26. The van der Waals surface area contributed by atoms with Crippen LogP contribution in [0.15, 0.2) is 36.4 Å². The van der Waals surface area contributed by atoms with E-state index in [1.165, 1.54) is 19.2 Å². The van der Waals surface area contributed by atoms with Crippen molar-refractivity contribution >= 4 is 11.6 Å². The van der Waals surface area contributed by atoms with E-state index in [9.17, 15) is 8.78 Å². The lowest BCUT2D eigenvalue weighted by Gasteiger charge is -2.19. The molecular formula is C15H14ClF2NO. The van der Waals surface area contributed by atoms with Crippen molar-refractivity contribution in [2.75, 3.05) is 14.2 Å². The molecule has 2 aromatic rings. The molecule has 0 heterocycles. The number of methoxy groups -OCH3 is 1. The molecule has 0 spiro atoms. The highest BCUT2D eigenvalue weighted by molar-refractivity contribution is 6.30. The molecular weight excluding hydrogens is 284 g/mol. The van der Waals surface area contributed by atoms with Crippen molar-refractivity contribution in [2.24, 2.45) is 0 Å². The van der Waals surface area contributed by atoms with Gasteiger partial charge in [-0.15, -0.1) is 0 Å². The number of hydrogen-bond donors (Lipinski definition) is 1. The Labute approximate surface area is 121 Å². The minimum atomic E-state index is -0.503. The standard InChI is InChI=1S/C15H14ClF2NO/c1-19-15(9-6-7-12(17)11(16)8-9)10-4-3-5-13(20-2)14(10)18/h3-8,15,19H,1-2H3. The average molecular weight is 298 g/mol. The largest absolute Gasteiger partial charge is 0.494 e. The summed E-state index contributed by atoms with van der Waals surface area (Å²) in [5.41, 5.74) is 1.08. The first-order valence-corrected chi connectivity index (χ1v) is 6.41. The minimum Gasteiger partial charge on any atom is -0.494 e. The predicted molar refractivity (Wildman–Crippen MR) is 75.3 cm³/mol. The monoisotopic (exact) mass is 297 g/mol. The van der Waals surface area contributed by atoms with Crippen molar-refractivity contribution in [2.45, 2.75) is 6.04 Å². The van der Waals surface area contributed by atoms with Crippen molar-refractivity contribution in [1.29, 1.82) is 0 Å². The van der Waals surface area contributed by atoms with Crippen LogP contribution in [0.2, 0.25) is 5.02 Å². The zero-order chi connectivity index (χ0) is 14.7. The Morgan fingerprint density at radius 1 is 1.20 bits per heavy atom. The molecule has 0 saturated heterocycles. The van der Waals surface area contributed by atoms with Crippen LogP contribution in [0.4, 0.5) is 8.78 Å². The Morgan fingerprint density at radius 2 is 1.95 bits per heavy atom. The second-order valence-corrected chi connectivity index (χ2v) is 4.67. The minimum absolute atomic E-state index is 0.00561. The van der Waals surface area contributed by atoms with Crippen LogP contribution in [0.5, 0.6) is 5.75 Å². The Kier molecular flexibility index (Phi) is 4.57. The van der Waals surface area contributed by atoms with E-state index in [0.717, 1.165) is 0 Å². The van der Waals surface area contributed by atoms with Gasteiger partial charge in [0, 0.05) is 5.56 Å². The third-order valence-corrected chi connectivity index (χ3v) is 3.38. The number of halogens is 3. The Morgan fingerprint density at radius 3 is 2.55 bits per heavy atom. The number of nitrogens with one attached hydrogen (secondary N) is 1. The van der Waals surface area contributed by atoms with Crippen LogP contribution >= 0.6 is 11.6 Å². The molecule has 1 N–H and O–H groups in total. The normalized spacial score (nSPS) is 12.2. The Balaban J connectivity index is 2.49. The lowest BCUT2D eigenvalue weighted by Crippen LogP contribution is -2.19. The molecule has 0 saturated carbocycles. The lowest BCUT2D eigenvalue weighted by molar-refractivity contribution is 0.382. The van der Waals surface area contributed by atoms with Crippen molar-refractivity contribution in [3.05, 3.63) is 64.2 Å². The molecule has 1 unspecified atom stereocenters. The summed E-state index contributed by atoms with van der Waals surface area (Å²) in [6.07, 6.45) is 0. The van der Waals surface area contributed by atoms with Gasteiger partial charge in [0.25, 0.3) is 0 Å². The van der Waals surface area contributed by atoms with Crippen LogP contribution in [0.1, 0.15) is 17.2 Å². The van der Waals surface area contributed by atoms with Gasteiger partial charge in [-0.05, 0) is 30.8 Å². The maximum absolute atomic E-state index is 14.3. The van der Waals surface area contributed by atoms with Gasteiger partial charge in [-0.2, -0.15) is 0 Å². The SMILES string of the molecule is CNC(c1ccc(F)c(Cl)c1)c1cccc(OC)c1F. The van der Waals surface area contributed by atoms with Gasteiger partial charge in [0.2, 0.25) is 0 Å². The molecule has 106 valence electrons. The highest BCUT2D eigenvalue weighted by Crippen LogP contribution is 2.30. The molecule has 0 aromatic heterocycles. The molecule has 2 rings (SSSR count). The van der Waals surface area contributed by atoms with Gasteiger partial charge < -0.3 is 10.1 Å². The predicted octanol–water partition coefficient (Wildman–Crippen LogP) is 3.94. The number of ether oxygens (including phenoxy) is 1. The maximum atomic E-state index is 14.3. The van der Waals surface area contributed by atoms with Gasteiger partial charge in [-0.1, -0.05) is 29.8 Å². The van der Waals surface area contributed by atoms with Crippen LogP contribution in [0.3, 0.4) is 0 Å². The van der Waals surface area contributed by atoms with Crippen molar-refractivity contribution in [1.82, 2.24) is 5.32 Å². The van der Waals surface area contributed by atoms with Crippen molar-refractivity contribution < 1.29 is 13.5 Å². The summed E-state index contributed by atoms with van der Waals surface area (Å²) in [6.45, 7) is 0. The summed E-state index contributed by atoms with van der Waals surface area (Å²) >= 11 is 5.78. The molecule has 0 aliphatic rings. The molecule has 0 fully saturated rings. The van der Waals surface area contributed by atoms with E-state index in [0.29, 0.717) is 11.1 Å². The van der Waals surface area contributed by atoms with E-state index >= 15 is 0 Å². The number of benzene rings is 2. The van der Waals surface area contributed by atoms with Crippen molar-refractivity contribution in [3.8, 4) is 5.75 Å². The highest BCUT2D eigenvalue weighted by atomic mass is 35.5. The van der Waals surface area contributed by atoms with Gasteiger partial charge in [0.05, 0.1) is 18.2 Å². The summed E-state index contributed by atoms with van der Waals surface area (Å²) in [7, 11) is 3.10. The molecule has 2 aromatic carbocycles. The lowest BCUT2D eigenvalue weighted by atomic mass is 9.98. The van der Waals surface area contributed by atoms with Gasteiger partial charge in [0.15, 0.2) is 11.6 Å². The fourth-order valence-electron chi connectivity index (χ4n) is 2.10. The average Bonchev–Trinajstić information content (AvgIpc) is 2.45. The van der Waals surface area contributed by atoms with Gasteiger partial charge in [0.1, 0.15) is 5.82 Å². The van der Waals surface area contributed by atoms with Gasteiger partial charge in [-0.3, -0.25) is 0 Å². The Hall–Kier alpha value is -1.65. The summed E-state index contributed by atoms with van der Waals surface area (Å²) in [5.74, 6) is -0.790. The van der Waals surface area contributed by atoms with E-state index in [2.05, 4.69) is 5.32 Å². The van der Waals surface area contributed by atoms with Crippen LogP contribution < -0.4 is 10.1 Å². The molecule has 5 heteroatoms. The summed E-state index contributed by atoms with van der Waals surface area (Å²) in [5, 5.41) is 3.00. The topological polar surface area (TPSA) is 21.3 Å². The molecule has 0 aliphatic carbocycles. The van der Waals surface area contributed by atoms with Crippen LogP contribution in [0.25, 0.3) is 0 Å². The molecule has 1 atom stereocenters. The molecule has 0 radical (unpaired) electrons. The second kappa shape index (κ2) is 6.20. The first-order valence-electron chi connectivity index (χ1n) is 6.03. The number of rotatable bonds is 4. The van der Waals surface area contributed by atoms with Crippen molar-refractivity contribution in [3.63, 3.8) is 0 Å². The van der Waals surface area contributed by atoms with Gasteiger partial charge >= 0.3 is 0 Å². The fraction of sp³-hybridized carbons (Fsp3) is 0.200. The van der Waals surface area contributed by atoms with Crippen LogP contribution in [0, 0.1) is 11.6 Å². The quantitative estimate of drug-likeness (QED) is 0.923. The van der Waals surface area contributed by atoms with E-state index < -0.39 is 17.7 Å². The first kappa shape index (κ1) is 14.8. The summed E-state index contributed by atoms with van der Waals surface area (Å²) < 4.78 is 32.5. The zero-order valence-electron chi connectivity index (χ0n) is 11.1. The van der Waals surface area contributed by atoms with E-state index in [1.807, 2.05) is 0 Å². The summed E-state index contributed by atoms with van der Waals surface area (Å²) in [4.78, 5) is 0. The molecule has 0 aliphatic heterocycles. The fourth-order valence-corrected chi connectivity index (χ4v) is 2.29. The highest BCUT2D eigenvalue weighted by Gasteiger charge is 2.19. The molecule has 0 bridgehead atoms. The zero-order valence-corrected chi connectivity index (χ0v) is 11.8. The third-order valence-electron chi connectivity index (χ3n) is 3.09. The van der Waals surface area contributed by atoms with Crippen LogP contribution in [-0.2, 0) is 0 Å². The third kappa shape index (κ3) is 2.76. The first-order chi connectivity index (χ1) is 9.58. The van der Waals surface area contributed by atoms with E-state index in [1.54, 1.807) is 31.3 Å². The maximum Gasteiger partial charge on any atom is 0.170 e. The molecule has 2 nitrogen and oxygen atoms in total. The van der Waals surface area contributed by atoms with E-state index in [4.69, 9.17) is 16.3 Å². The van der Waals surface area contributed by atoms with E-state index in [-0.39, 0.29) is 10.8 Å². The number of hydrogen-bond acceptors (Lipinski definition) is 2. The van der Waals surface area contributed by atoms with Crippen LogP contribution in [-0.4, -0.2) is 14.2 Å².